The molecule has 3 N–H and O–H groups in total. The van der Waals surface area contributed by atoms with E-state index in [1.165, 1.54) is 0 Å². The molecular formula is C14H17N3O. The van der Waals surface area contributed by atoms with Crippen molar-refractivity contribution in [3.05, 3.63) is 35.9 Å². The van der Waals surface area contributed by atoms with E-state index in [0.29, 0.717) is 19.0 Å². The molecule has 94 valence electrons. The van der Waals surface area contributed by atoms with Crippen LogP contribution in [-0.4, -0.2) is 18.5 Å². The molecule has 4 heteroatoms. The highest BCUT2D eigenvalue weighted by Gasteiger charge is 2.45. The van der Waals surface area contributed by atoms with Gasteiger partial charge in [0.05, 0.1) is 11.5 Å². The number of nitrogens with zero attached hydrogens (tertiary/aromatic N) is 1. The van der Waals surface area contributed by atoms with Gasteiger partial charge in [-0.2, -0.15) is 5.26 Å². The summed E-state index contributed by atoms with van der Waals surface area (Å²) >= 11 is 0. The Labute approximate surface area is 107 Å². The fraction of sp³-hybridized carbons (Fsp3) is 0.429. The summed E-state index contributed by atoms with van der Waals surface area (Å²) in [6.07, 6.45) is 1.94. The minimum Gasteiger partial charge on any atom is -0.370 e. The van der Waals surface area contributed by atoms with Gasteiger partial charge in [0, 0.05) is 19.0 Å². The molecule has 0 aliphatic heterocycles. The molecule has 2 rings (SSSR count). The Kier molecular flexibility index (Phi) is 3.63. The summed E-state index contributed by atoms with van der Waals surface area (Å²) in [5, 5.41) is 12.6. The second kappa shape index (κ2) is 5.19. The highest BCUT2D eigenvalue weighted by atomic mass is 16.1. The topological polar surface area (TPSA) is 78.9 Å². The van der Waals surface area contributed by atoms with E-state index in [-0.39, 0.29) is 11.3 Å². The number of nitrogens with two attached hydrogens (primary N) is 1. The molecule has 1 fully saturated rings. The second-order valence-corrected chi connectivity index (χ2v) is 4.84. The molecule has 1 amide bonds. The maximum Gasteiger partial charge on any atom is 0.218 e. The number of primary amides is 1. The van der Waals surface area contributed by atoms with E-state index in [0.717, 1.165) is 18.4 Å². The number of hydrogen-bond donors (Lipinski definition) is 2. The Morgan fingerprint density at radius 3 is 2.67 bits per heavy atom. The van der Waals surface area contributed by atoms with Crippen LogP contribution in [0.4, 0.5) is 0 Å². The molecule has 1 saturated carbocycles. The zero-order valence-corrected chi connectivity index (χ0v) is 10.2. The average molecular weight is 243 g/mol. The minimum absolute atomic E-state index is 0.295. The van der Waals surface area contributed by atoms with Gasteiger partial charge in [-0.05, 0) is 18.4 Å². The van der Waals surface area contributed by atoms with Gasteiger partial charge in [-0.15, -0.1) is 0 Å². The number of amides is 1. The first-order chi connectivity index (χ1) is 8.66. The van der Waals surface area contributed by atoms with E-state index in [1.54, 1.807) is 0 Å². The van der Waals surface area contributed by atoms with Crippen molar-refractivity contribution in [1.82, 2.24) is 5.32 Å². The summed E-state index contributed by atoms with van der Waals surface area (Å²) in [4.78, 5) is 10.6. The molecule has 0 aromatic heterocycles. The molecular weight excluding hydrogens is 226 g/mol. The molecule has 0 saturated heterocycles. The van der Waals surface area contributed by atoms with Gasteiger partial charge in [0.2, 0.25) is 5.91 Å². The fourth-order valence-corrected chi connectivity index (χ4v) is 2.47. The minimum atomic E-state index is -0.356. The molecule has 0 radical (unpaired) electrons. The lowest BCUT2D eigenvalue weighted by atomic mass is 9.62. The van der Waals surface area contributed by atoms with Crippen LogP contribution in [-0.2, 0) is 10.2 Å². The number of carbonyl (C=O) groups excluding carboxylic acids is 1. The van der Waals surface area contributed by atoms with Crippen molar-refractivity contribution in [3.63, 3.8) is 0 Å². The van der Waals surface area contributed by atoms with Crippen molar-refractivity contribution in [2.45, 2.75) is 30.7 Å². The van der Waals surface area contributed by atoms with Crippen molar-refractivity contribution in [3.8, 4) is 6.07 Å². The zero-order valence-electron chi connectivity index (χ0n) is 10.2. The van der Waals surface area contributed by atoms with Crippen molar-refractivity contribution >= 4 is 5.91 Å². The average Bonchev–Trinajstić information content (AvgIpc) is 2.33. The summed E-state index contributed by atoms with van der Waals surface area (Å²) in [5.41, 5.74) is 5.81. The third-order valence-corrected chi connectivity index (χ3v) is 3.53. The van der Waals surface area contributed by atoms with Crippen LogP contribution >= 0.6 is 0 Å². The number of benzene rings is 1. The molecule has 18 heavy (non-hydrogen) atoms. The molecule has 0 unspecified atom stereocenters. The van der Waals surface area contributed by atoms with Crippen LogP contribution in [0.3, 0.4) is 0 Å². The molecule has 0 spiro atoms. The van der Waals surface area contributed by atoms with Gasteiger partial charge in [-0.3, -0.25) is 4.79 Å². The lowest BCUT2D eigenvalue weighted by Crippen LogP contribution is -2.51. The van der Waals surface area contributed by atoms with Crippen LogP contribution in [0, 0.1) is 11.3 Å². The van der Waals surface area contributed by atoms with Gasteiger partial charge in [0.25, 0.3) is 0 Å². The first-order valence-electron chi connectivity index (χ1n) is 6.15. The molecule has 1 aromatic carbocycles. The largest absolute Gasteiger partial charge is 0.370 e. The number of hydrogen-bond acceptors (Lipinski definition) is 3. The third-order valence-electron chi connectivity index (χ3n) is 3.53. The number of nitriles is 1. The Morgan fingerprint density at radius 2 is 2.11 bits per heavy atom. The van der Waals surface area contributed by atoms with Crippen LogP contribution < -0.4 is 11.1 Å². The first-order valence-corrected chi connectivity index (χ1v) is 6.15. The fourth-order valence-electron chi connectivity index (χ4n) is 2.47. The molecule has 1 aliphatic carbocycles. The van der Waals surface area contributed by atoms with Crippen molar-refractivity contribution in [2.24, 2.45) is 5.73 Å². The molecule has 0 atom stereocenters. The Morgan fingerprint density at radius 1 is 1.44 bits per heavy atom. The number of nitrogens with one attached hydrogen (secondary N) is 1. The summed E-state index contributed by atoms with van der Waals surface area (Å²) < 4.78 is 0. The van der Waals surface area contributed by atoms with Crippen LogP contribution in [0.15, 0.2) is 30.3 Å². The van der Waals surface area contributed by atoms with Gasteiger partial charge in [-0.25, -0.2) is 0 Å². The maximum atomic E-state index is 10.6. The van der Waals surface area contributed by atoms with Crippen molar-refractivity contribution in [2.75, 3.05) is 6.54 Å². The van der Waals surface area contributed by atoms with E-state index in [2.05, 4.69) is 11.4 Å². The predicted octanol–water partition coefficient (Wildman–Crippen LogP) is 1.08. The monoisotopic (exact) mass is 243 g/mol. The number of carbonyl (C=O) groups is 1. The van der Waals surface area contributed by atoms with Crippen LogP contribution in [0.25, 0.3) is 0 Å². The van der Waals surface area contributed by atoms with E-state index >= 15 is 0 Å². The van der Waals surface area contributed by atoms with Crippen molar-refractivity contribution < 1.29 is 4.79 Å². The number of rotatable bonds is 5. The maximum absolute atomic E-state index is 10.6. The van der Waals surface area contributed by atoms with Gasteiger partial charge in [-0.1, -0.05) is 30.3 Å². The Bertz CT molecular complexity index is 458. The zero-order chi connectivity index (χ0) is 13.0. The van der Waals surface area contributed by atoms with Gasteiger partial charge in [0.15, 0.2) is 0 Å². The van der Waals surface area contributed by atoms with Gasteiger partial charge >= 0.3 is 0 Å². The summed E-state index contributed by atoms with van der Waals surface area (Å²) in [6, 6.07) is 12.6. The lowest BCUT2D eigenvalue weighted by molar-refractivity contribution is -0.117. The predicted molar refractivity (Wildman–Crippen MR) is 68.6 cm³/mol. The standard InChI is InChI=1S/C14H17N3O/c15-10-14(11-4-2-1-3-5-11)8-12(9-14)17-7-6-13(16)18/h1-5,12,17H,6-9H2,(H2,16,18). The van der Waals surface area contributed by atoms with Gasteiger partial charge < -0.3 is 11.1 Å². The Hall–Kier alpha value is -1.86. The smallest absolute Gasteiger partial charge is 0.218 e. The highest BCUT2D eigenvalue weighted by molar-refractivity contribution is 5.73. The lowest BCUT2D eigenvalue weighted by Gasteiger charge is -2.43. The second-order valence-electron chi connectivity index (χ2n) is 4.84. The summed E-state index contributed by atoms with van der Waals surface area (Å²) in [6.45, 7) is 0.594. The van der Waals surface area contributed by atoms with Gasteiger partial charge in [0.1, 0.15) is 0 Å². The van der Waals surface area contributed by atoms with Crippen LogP contribution in [0.2, 0.25) is 0 Å². The van der Waals surface area contributed by atoms with E-state index in [1.807, 2.05) is 30.3 Å². The first kappa shape index (κ1) is 12.6. The summed E-state index contributed by atoms with van der Waals surface area (Å²) in [5.74, 6) is -0.295. The van der Waals surface area contributed by atoms with Crippen LogP contribution in [0.1, 0.15) is 24.8 Å². The SMILES string of the molecule is N#CC1(c2ccccc2)CC(NCCC(N)=O)C1. The third kappa shape index (κ3) is 2.52. The summed E-state index contributed by atoms with van der Waals surface area (Å²) in [7, 11) is 0. The van der Waals surface area contributed by atoms with E-state index < -0.39 is 0 Å². The normalized spacial score (nSPS) is 26.1. The molecule has 0 bridgehead atoms. The van der Waals surface area contributed by atoms with Crippen molar-refractivity contribution in [1.29, 1.82) is 5.26 Å². The quantitative estimate of drug-likeness (QED) is 0.812. The molecule has 1 aromatic rings. The highest BCUT2D eigenvalue weighted by Crippen LogP contribution is 2.43. The Balaban J connectivity index is 1.89. The van der Waals surface area contributed by atoms with Crippen LogP contribution in [0.5, 0.6) is 0 Å². The molecule has 0 heterocycles. The molecule has 1 aliphatic rings. The van der Waals surface area contributed by atoms with E-state index in [9.17, 15) is 10.1 Å². The van der Waals surface area contributed by atoms with E-state index in [4.69, 9.17) is 5.73 Å². The molecule has 4 nitrogen and oxygen atoms in total.